The van der Waals surface area contributed by atoms with Crippen LogP contribution in [0.3, 0.4) is 0 Å². The van der Waals surface area contributed by atoms with Crippen molar-refractivity contribution in [3.8, 4) is 22.9 Å². The van der Waals surface area contributed by atoms with Crippen LogP contribution in [-0.4, -0.2) is 57.2 Å². The molecule has 0 saturated carbocycles. The number of piperidine rings is 1. The van der Waals surface area contributed by atoms with Crippen LogP contribution in [0.2, 0.25) is 0 Å². The minimum absolute atomic E-state index is 0.0548. The number of H-pyrrole nitrogens is 1. The highest BCUT2D eigenvalue weighted by molar-refractivity contribution is 5.96. The third kappa shape index (κ3) is 6.12. The lowest BCUT2D eigenvalue weighted by Gasteiger charge is -2.32. The Hall–Kier alpha value is -4.09. The minimum atomic E-state index is -4.77. The van der Waals surface area contributed by atoms with Crippen molar-refractivity contribution in [3.05, 3.63) is 59.7 Å². The number of nitrogens with one attached hydrogen (secondary N) is 1. The van der Waals surface area contributed by atoms with Gasteiger partial charge in [-0.15, -0.1) is 13.2 Å². The third-order valence-electron chi connectivity index (χ3n) is 5.81. The molecule has 0 atom stereocenters. The predicted octanol–water partition coefficient (Wildman–Crippen LogP) is 3.39. The number of likely N-dealkylation sites (tertiary alicyclic amines) is 1. The van der Waals surface area contributed by atoms with E-state index in [0.717, 1.165) is 5.69 Å². The van der Waals surface area contributed by atoms with E-state index in [-0.39, 0.29) is 35.6 Å². The Bertz CT molecular complexity index is 1240. The van der Waals surface area contributed by atoms with E-state index < -0.39 is 12.3 Å². The van der Waals surface area contributed by atoms with Gasteiger partial charge in [0.05, 0.1) is 18.4 Å². The summed E-state index contributed by atoms with van der Waals surface area (Å²) in [5.41, 5.74) is 8.39. The highest BCUT2D eigenvalue weighted by Crippen LogP contribution is 2.27. The number of amides is 2. The summed E-state index contributed by atoms with van der Waals surface area (Å²) in [6, 6.07) is 6.81. The summed E-state index contributed by atoms with van der Waals surface area (Å²) in [4.78, 5) is 37.9. The van der Waals surface area contributed by atoms with Crippen LogP contribution >= 0.6 is 0 Å². The van der Waals surface area contributed by atoms with Crippen molar-refractivity contribution in [2.45, 2.75) is 38.7 Å². The summed E-state index contributed by atoms with van der Waals surface area (Å²) < 4.78 is 46.7. The molecule has 2 aromatic heterocycles. The van der Waals surface area contributed by atoms with Gasteiger partial charge in [0.15, 0.2) is 0 Å². The number of aromatic amines is 1. The van der Waals surface area contributed by atoms with Crippen LogP contribution in [0, 0.1) is 6.92 Å². The van der Waals surface area contributed by atoms with Gasteiger partial charge in [0.2, 0.25) is 11.8 Å². The van der Waals surface area contributed by atoms with Crippen LogP contribution < -0.4 is 15.2 Å². The number of ether oxygens (including phenoxy) is 2. The molecule has 3 N–H and O–H groups in total. The van der Waals surface area contributed by atoms with Crippen molar-refractivity contribution in [1.82, 2.24) is 19.9 Å². The van der Waals surface area contributed by atoms with Gasteiger partial charge in [-0.1, -0.05) is 12.1 Å². The van der Waals surface area contributed by atoms with Crippen molar-refractivity contribution in [1.29, 1.82) is 0 Å². The number of halogens is 3. The number of imidazole rings is 1. The minimum Gasteiger partial charge on any atom is -0.474 e. The lowest BCUT2D eigenvalue weighted by molar-refractivity contribution is -0.274. The molecule has 1 aromatic carbocycles. The first-order chi connectivity index (χ1) is 17.1. The maximum atomic E-state index is 12.7. The SMILES string of the molecule is Cc1[nH]cnc1-c1cnc(OC2CCN(C(=O)Cc3ccc(OC(F)(F)F)cc3)CC2)c(C(N)=O)c1. The normalized spacial score (nSPS) is 14.5. The van der Waals surface area contributed by atoms with E-state index in [1.807, 2.05) is 6.92 Å². The molecular weight excluding hydrogens is 479 g/mol. The molecule has 0 radical (unpaired) electrons. The van der Waals surface area contributed by atoms with E-state index in [9.17, 15) is 22.8 Å². The van der Waals surface area contributed by atoms with Crippen LogP contribution in [0.1, 0.15) is 34.5 Å². The molecular formula is C24H24F3N5O4. The number of rotatable bonds is 7. The van der Waals surface area contributed by atoms with Crippen LogP contribution in [0.5, 0.6) is 11.6 Å². The van der Waals surface area contributed by atoms with Crippen molar-refractivity contribution in [3.63, 3.8) is 0 Å². The summed E-state index contributed by atoms with van der Waals surface area (Å²) >= 11 is 0. The monoisotopic (exact) mass is 503 g/mol. The molecule has 2 amide bonds. The topological polar surface area (TPSA) is 123 Å². The van der Waals surface area contributed by atoms with Gasteiger partial charge in [-0.05, 0) is 30.7 Å². The number of aromatic nitrogens is 3. The van der Waals surface area contributed by atoms with Gasteiger partial charge >= 0.3 is 6.36 Å². The van der Waals surface area contributed by atoms with Crippen molar-refractivity contribution >= 4 is 11.8 Å². The van der Waals surface area contributed by atoms with Gasteiger partial charge in [-0.25, -0.2) is 9.97 Å². The highest BCUT2D eigenvalue weighted by atomic mass is 19.4. The molecule has 36 heavy (non-hydrogen) atoms. The van der Waals surface area contributed by atoms with E-state index in [4.69, 9.17) is 10.5 Å². The van der Waals surface area contributed by atoms with Gasteiger partial charge in [-0.3, -0.25) is 9.59 Å². The lowest BCUT2D eigenvalue weighted by atomic mass is 10.1. The number of carbonyl (C=O) groups is 2. The first-order valence-electron chi connectivity index (χ1n) is 11.2. The number of nitrogens with two attached hydrogens (primary N) is 1. The number of hydrogen-bond donors (Lipinski definition) is 2. The molecule has 9 nitrogen and oxygen atoms in total. The fourth-order valence-electron chi connectivity index (χ4n) is 3.98. The second-order valence-electron chi connectivity index (χ2n) is 8.38. The lowest BCUT2D eigenvalue weighted by Crippen LogP contribution is -2.42. The molecule has 190 valence electrons. The van der Waals surface area contributed by atoms with Gasteiger partial charge in [0, 0.05) is 43.4 Å². The quantitative estimate of drug-likeness (QED) is 0.510. The fraction of sp³-hybridized carbons (Fsp3) is 0.333. The van der Waals surface area contributed by atoms with Crippen molar-refractivity contribution in [2.75, 3.05) is 13.1 Å². The first kappa shape index (κ1) is 25.0. The summed E-state index contributed by atoms with van der Waals surface area (Å²) in [6.45, 7) is 2.70. The van der Waals surface area contributed by atoms with E-state index >= 15 is 0 Å². The number of alkyl halides is 3. The highest BCUT2D eigenvalue weighted by Gasteiger charge is 2.31. The van der Waals surface area contributed by atoms with Crippen LogP contribution in [0.15, 0.2) is 42.9 Å². The average molecular weight is 503 g/mol. The van der Waals surface area contributed by atoms with Gasteiger partial charge in [0.1, 0.15) is 17.4 Å². The molecule has 1 saturated heterocycles. The van der Waals surface area contributed by atoms with Crippen molar-refractivity contribution < 1.29 is 32.2 Å². The summed E-state index contributed by atoms with van der Waals surface area (Å²) in [6.07, 6.45) is -0.831. The fourth-order valence-corrected chi connectivity index (χ4v) is 3.98. The molecule has 3 heterocycles. The first-order valence-corrected chi connectivity index (χ1v) is 11.2. The number of pyridine rings is 1. The van der Waals surface area contributed by atoms with Gasteiger partial charge in [-0.2, -0.15) is 0 Å². The van der Waals surface area contributed by atoms with Gasteiger partial charge in [0.25, 0.3) is 5.91 Å². The Labute approximate surface area is 204 Å². The van der Waals surface area contributed by atoms with E-state index in [2.05, 4.69) is 19.7 Å². The second kappa shape index (κ2) is 10.3. The largest absolute Gasteiger partial charge is 0.573 e. The Balaban J connectivity index is 1.33. The van der Waals surface area contributed by atoms with Crippen LogP contribution in [0.4, 0.5) is 13.2 Å². The zero-order chi connectivity index (χ0) is 25.9. The van der Waals surface area contributed by atoms with E-state index in [0.29, 0.717) is 42.8 Å². The number of aryl methyl sites for hydroxylation is 1. The maximum absolute atomic E-state index is 12.7. The molecule has 0 unspecified atom stereocenters. The summed E-state index contributed by atoms with van der Waals surface area (Å²) in [5.74, 6) is -1.03. The molecule has 1 aliphatic heterocycles. The number of carbonyl (C=O) groups excluding carboxylic acids is 2. The predicted molar refractivity (Wildman–Crippen MR) is 122 cm³/mol. The smallest absolute Gasteiger partial charge is 0.474 e. The van der Waals surface area contributed by atoms with Gasteiger partial charge < -0.3 is 25.1 Å². The Morgan fingerprint density at radius 2 is 1.86 bits per heavy atom. The standard InChI is InChI=1S/C24H24F3N5O4/c1-14-21(31-13-30-14)16-11-19(22(28)34)23(29-12-16)35-17-6-8-32(9-7-17)20(33)10-15-2-4-18(5-3-15)36-24(25,26)27/h2-5,11-13,17H,6-10H2,1H3,(H2,28,34)(H,30,31). The Morgan fingerprint density at radius 1 is 1.17 bits per heavy atom. The van der Waals surface area contributed by atoms with Crippen LogP contribution in [0.25, 0.3) is 11.3 Å². The second-order valence-corrected chi connectivity index (χ2v) is 8.38. The number of nitrogens with zero attached hydrogens (tertiary/aromatic N) is 3. The van der Waals surface area contributed by atoms with Crippen LogP contribution in [-0.2, 0) is 11.2 Å². The summed E-state index contributed by atoms with van der Waals surface area (Å²) in [7, 11) is 0. The molecule has 0 aliphatic carbocycles. The maximum Gasteiger partial charge on any atom is 0.573 e. The van der Waals surface area contributed by atoms with Crippen molar-refractivity contribution in [2.24, 2.45) is 5.73 Å². The zero-order valence-electron chi connectivity index (χ0n) is 19.3. The number of primary amides is 1. The number of benzene rings is 1. The molecule has 1 fully saturated rings. The Kier molecular flexibility index (Phi) is 7.13. The molecule has 0 bridgehead atoms. The third-order valence-corrected chi connectivity index (χ3v) is 5.81. The van der Waals surface area contributed by atoms with E-state index in [1.54, 1.807) is 23.5 Å². The molecule has 12 heteroatoms. The molecule has 4 rings (SSSR count). The zero-order valence-corrected chi connectivity index (χ0v) is 19.3. The summed E-state index contributed by atoms with van der Waals surface area (Å²) in [5, 5.41) is 0. The molecule has 0 spiro atoms. The molecule has 1 aliphatic rings. The average Bonchev–Trinajstić information content (AvgIpc) is 3.26. The van der Waals surface area contributed by atoms with E-state index in [1.165, 1.54) is 24.3 Å². The molecule has 3 aromatic rings. The number of hydrogen-bond acceptors (Lipinski definition) is 6. The Morgan fingerprint density at radius 3 is 2.44 bits per heavy atom.